The Morgan fingerprint density at radius 1 is 1.00 bits per heavy atom. The van der Waals surface area contributed by atoms with Crippen LogP contribution < -0.4 is 11.1 Å². The molecule has 94 valence electrons. The normalized spacial score (nSPS) is 24.7. The lowest BCUT2D eigenvalue weighted by molar-refractivity contribution is 0.411. The Morgan fingerprint density at radius 3 is 2.06 bits per heavy atom. The maximum absolute atomic E-state index is 5.94. The predicted octanol–water partition coefficient (Wildman–Crippen LogP) is 3.29. The number of hydrogen-bond acceptors (Lipinski definition) is 2. The zero-order valence-electron chi connectivity index (χ0n) is 11.2. The highest BCUT2D eigenvalue weighted by molar-refractivity contribution is 5.58. The quantitative estimate of drug-likeness (QED) is 0.821. The maximum atomic E-state index is 5.94. The van der Waals surface area contributed by atoms with Gasteiger partial charge in [-0.3, -0.25) is 0 Å². The van der Waals surface area contributed by atoms with Gasteiger partial charge in [-0.15, -0.1) is 0 Å². The zero-order valence-corrected chi connectivity index (χ0v) is 11.2. The Morgan fingerprint density at radius 2 is 1.53 bits per heavy atom. The van der Waals surface area contributed by atoms with Gasteiger partial charge in [0.25, 0.3) is 0 Å². The van der Waals surface area contributed by atoms with Crippen molar-refractivity contribution in [1.82, 2.24) is 0 Å². The van der Waals surface area contributed by atoms with Crippen molar-refractivity contribution in [1.29, 1.82) is 0 Å². The van der Waals surface area contributed by atoms with Gasteiger partial charge in [-0.2, -0.15) is 0 Å². The molecule has 0 aromatic heterocycles. The van der Waals surface area contributed by atoms with Gasteiger partial charge in [-0.05, 0) is 57.6 Å². The molecule has 0 atom stereocenters. The second kappa shape index (κ2) is 5.09. The van der Waals surface area contributed by atoms with Crippen LogP contribution in [0.5, 0.6) is 0 Å². The van der Waals surface area contributed by atoms with Crippen LogP contribution in [0, 0.1) is 20.8 Å². The molecule has 0 bridgehead atoms. The summed E-state index contributed by atoms with van der Waals surface area (Å²) in [6.07, 6.45) is 4.71. The lowest BCUT2D eigenvalue weighted by atomic mass is 9.91. The molecule has 0 heterocycles. The first-order chi connectivity index (χ1) is 8.06. The number of aryl methyl sites for hydroxylation is 3. The van der Waals surface area contributed by atoms with E-state index in [1.165, 1.54) is 35.2 Å². The van der Waals surface area contributed by atoms with Crippen molar-refractivity contribution in [3.63, 3.8) is 0 Å². The SMILES string of the molecule is Cc1cc(C)c(NC2CCC(N)CC2)c(C)c1. The molecule has 0 saturated heterocycles. The fourth-order valence-corrected chi connectivity index (χ4v) is 2.88. The van der Waals surface area contributed by atoms with Crippen molar-refractivity contribution in [3.05, 3.63) is 28.8 Å². The van der Waals surface area contributed by atoms with Gasteiger partial charge in [0.15, 0.2) is 0 Å². The zero-order chi connectivity index (χ0) is 12.4. The highest BCUT2D eigenvalue weighted by Crippen LogP contribution is 2.26. The molecule has 1 aromatic carbocycles. The third-order valence-electron chi connectivity index (χ3n) is 3.80. The molecule has 0 radical (unpaired) electrons. The molecular formula is C15H24N2. The largest absolute Gasteiger partial charge is 0.382 e. The lowest BCUT2D eigenvalue weighted by Gasteiger charge is -2.29. The molecule has 2 heteroatoms. The third kappa shape index (κ3) is 3.01. The molecule has 1 aliphatic carbocycles. The molecule has 17 heavy (non-hydrogen) atoms. The summed E-state index contributed by atoms with van der Waals surface area (Å²) in [5.41, 5.74) is 11.3. The van der Waals surface area contributed by atoms with Crippen LogP contribution in [0.3, 0.4) is 0 Å². The van der Waals surface area contributed by atoms with Gasteiger partial charge in [0.05, 0.1) is 0 Å². The van der Waals surface area contributed by atoms with Crippen molar-refractivity contribution in [2.45, 2.75) is 58.5 Å². The summed E-state index contributed by atoms with van der Waals surface area (Å²) in [6, 6.07) is 5.54. The van der Waals surface area contributed by atoms with Gasteiger partial charge in [0.1, 0.15) is 0 Å². The van der Waals surface area contributed by atoms with Crippen LogP contribution >= 0.6 is 0 Å². The van der Waals surface area contributed by atoms with E-state index in [1.54, 1.807) is 0 Å². The topological polar surface area (TPSA) is 38.0 Å². The van der Waals surface area contributed by atoms with Crippen LogP contribution in [0.4, 0.5) is 5.69 Å². The van der Waals surface area contributed by atoms with E-state index in [0.29, 0.717) is 12.1 Å². The van der Waals surface area contributed by atoms with E-state index in [4.69, 9.17) is 5.73 Å². The van der Waals surface area contributed by atoms with E-state index in [1.807, 2.05) is 0 Å². The number of anilines is 1. The average molecular weight is 232 g/mol. The van der Waals surface area contributed by atoms with E-state index >= 15 is 0 Å². The molecular weight excluding hydrogens is 208 g/mol. The first-order valence-corrected chi connectivity index (χ1v) is 6.66. The smallest absolute Gasteiger partial charge is 0.0401 e. The first kappa shape index (κ1) is 12.4. The molecule has 0 aliphatic heterocycles. The van der Waals surface area contributed by atoms with Crippen LogP contribution in [0.2, 0.25) is 0 Å². The molecule has 0 amide bonds. The molecule has 1 aliphatic rings. The van der Waals surface area contributed by atoms with E-state index in [0.717, 1.165) is 12.8 Å². The molecule has 1 fully saturated rings. The predicted molar refractivity (Wildman–Crippen MR) is 74.5 cm³/mol. The van der Waals surface area contributed by atoms with Crippen molar-refractivity contribution in [2.24, 2.45) is 5.73 Å². The number of hydrogen-bond donors (Lipinski definition) is 2. The van der Waals surface area contributed by atoms with Gasteiger partial charge >= 0.3 is 0 Å². The van der Waals surface area contributed by atoms with E-state index in [-0.39, 0.29) is 0 Å². The highest BCUT2D eigenvalue weighted by atomic mass is 14.9. The average Bonchev–Trinajstić information content (AvgIpc) is 2.26. The third-order valence-corrected chi connectivity index (χ3v) is 3.80. The number of rotatable bonds is 2. The number of benzene rings is 1. The van der Waals surface area contributed by atoms with E-state index in [2.05, 4.69) is 38.2 Å². The Hall–Kier alpha value is -1.02. The van der Waals surface area contributed by atoms with Crippen molar-refractivity contribution >= 4 is 5.69 Å². The second-order valence-electron chi connectivity index (χ2n) is 5.53. The maximum Gasteiger partial charge on any atom is 0.0401 e. The summed E-state index contributed by atoms with van der Waals surface area (Å²) in [7, 11) is 0. The van der Waals surface area contributed by atoms with E-state index in [9.17, 15) is 0 Å². The standard InChI is InChI=1S/C15H24N2/c1-10-8-11(2)15(12(3)9-10)17-14-6-4-13(16)5-7-14/h8-9,13-14,17H,4-7,16H2,1-3H3. The van der Waals surface area contributed by atoms with Gasteiger partial charge in [0, 0.05) is 17.8 Å². The van der Waals surface area contributed by atoms with Crippen LogP contribution in [0.1, 0.15) is 42.4 Å². The van der Waals surface area contributed by atoms with Gasteiger partial charge in [0.2, 0.25) is 0 Å². The molecule has 2 rings (SSSR count). The minimum absolute atomic E-state index is 0.424. The number of nitrogens with one attached hydrogen (secondary N) is 1. The molecule has 0 spiro atoms. The molecule has 0 unspecified atom stereocenters. The Bertz CT molecular complexity index is 367. The van der Waals surface area contributed by atoms with Crippen molar-refractivity contribution in [2.75, 3.05) is 5.32 Å². The molecule has 1 aromatic rings. The van der Waals surface area contributed by atoms with Gasteiger partial charge < -0.3 is 11.1 Å². The highest BCUT2D eigenvalue weighted by Gasteiger charge is 2.19. The summed E-state index contributed by atoms with van der Waals surface area (Å²) >= 11 is 0. The Kier molecular flexibility index (Phi) is 3.72. The molecule has 3 N–H and O–H groups in total. The van der Waals surface area contributed by atoms with Crippen LogP contribution in [0.25, 0.3) is 0 Å². The summed E-state index contributed by atoms with van der Waals surface area (Å²) in [5, 5.41) is 3.71. The summed E-state index contributed by atoms with van der Waals surface area (Å²) in [4.78, 5) is 0. The van der Waals surface area contributed by atoms with Gasteiger partial charge in [-0.1, -0.05) is 17.7 Å². The monoisotopic (exact) mass is 232 g/mol. The fourth-order valence-electron chi connectivity index (χ4n) is 2.88. The van der Waals surface area contributed by atoms with Crippen LogP contribution in [-0.2, 0) is 0 Å². The Labute approximate surface area is 105 Å². The van der Waals surface area contributed by atoms with E-state index < -0.39 is 0 Å². The van der Waals surface area contributed by atoms with Crippen LogP contribution in [-0.4, -0.2) is 12.1 Å². The lowest BCUT2D eigenvalue weighted by Crippen LogP contribution is -2.33. The first-order valence-electron chi connectivity index (χ1n) is 6.66. The van der Waals surface area contributed by atoms with Crippen molar-refractivity contribution in [3.8, 4) is 0 Å². The minimum Gasteiger partial charge on any atom is -0.382 e. The number of nitrogens with two attached hydrogens (primary N) is 1. The summed E-state index contributed by atoms with van der Waals surface area (Å²) in [6.45, 7) is 6.54. The summed E-state index contributed by atoms with van der Waals surface area (Å²) < 4.78 is 0. The second-order valence-corrected chi connectivity index (χ2v) is 5.53. The molecule has 2 nitrogen and oxygen atoms in total. The minimum atomic E-state index is 0.424. The van der Waals surface area contributed by atoms with Crippen molar-refractivity contribution < 1.29 is 0 Å². The van der Waals surface area contributed by atoms with Crippen LogP contribution in [0.15, 0.2) is 12.1 Å². The van der Waals surface area contributed by atoms with Gasteiger partial charge in [-0.25, -0.2) is 0 Å². The summed E-state index contributed by atoms with van der Waals surface area (Å²) in [5.74, 6) is 0. The Balaban J connectivity index is 2.08. The fraction of sp³-hybridized carbons (Fsp3) is 0.600. The molecule has 1 saturated carbocycles.